The van der Waals surface area contributed by atoms with Crippen molar-refractivity contribution in [1.82, 2.24) is 0 Å². The molecule has 0 saturated heterocycles. The highest BCUT2D eigenvalue weighted by atomic mass is 19.1. The smallest absolute Gasteiger partial charge is 0.338 e. The van der Waals surface area contributed by atoms with Gasteiger partial charge in [0.25, 0.3) is 0 Å². The largest absolute Gasteiger partial charge is 0.459 e. The zero-order chi connectivity index (χ0) is 11.5. The maximum atomic E-state index is 11.9. The van der Waals surface area contributed by atoms with E-state index >= 15 is 0 Å². The molecule has 0 bridgehead atoms. The second-order valence-corrected chi connectivity index (χ2v) is 3.81. The SMILES string of the molecule is CC1=C(C(=O)OCCF)c2ccccc2C1. The van der Waals surface area contributed by atoms with Crippen LogP contribution in [0.25, 0.3) is 5.57 Å². The molecular weight excluding hydrogens is 207 g/mol. The lowest BCUT2D eigenvalue weighted by atomic mass is 10.1. The molecule has 0 fully saturated rings. The average Bonchev–Trinajstić information content (AvgIpc) is 2.62. The number of rotatable bonds is 3. The molecule has 84 valence electrons. The van der Waals surface area contributed by atoms with Crippen LogP contribution in [0, 0.1) is 0 Å². The summed E-state index contributed by atoms with van der Waals surface area (Å²) in [4.78, 5) is 11.7. The van der Waals surface area contributed by atoms with E-state index in [-0.39, 0.29) is 6.61 Å². The minimum Gasteiger partial charge on any atom is -0.459 e. The first-order chi connectivity index (χ1) is 7.74. The minimum absolute atomic E-state index is 0.169. The van der Waals surface area contributed by atoms with Gasteiger partial charge in [-0.2, -0.15) is 0 Å². The quantitative estimate of drug-likeness (QED) is 0.732. The molecule has 1 aromatic rings. The van der Waals surface area contributed by atoms with Crippen molar-refractivity contribution in [3.05, 3.63) is 41.0 Å². The summed E-state index contributed by atoms with van der Waals surface area (Å²) in [5, 5.41) is 0. The number of allylic oxidation sites excluding steroid dienone is 1. The normalized spacial score (nSPS) is 13.9. The molecule has 1 aromatic carbocycles. The van der Waals surface area contributed by atoms with Gasteiger partial charge in [0.1, 0.15) is 13.3 Å². The summed E-state index contributed by atoms with van der Waals surface area (Å²) in [5.74, 6) is -0.417. The topological polar surface area (TPSA) is 26.3 Å². The highest BCUT2D eigenvalue weighted by Crippen LogP contribution is 2.33. The van der Waals surface area contributed by atoms with Crippen molar-refractivity contribution in [2.24, 2.45) is 0 Å². The molecule has 0 aromatic heterocycles. The molecule has 0 saturated carbocycles. The van der Waals surface area contributed by atoms with Crippen LogP contribution in [-0.2, 0) is 16.0 Å². The summed E-state index contributed by atoms with van der Waals surface area (Å²) in [6, 6.07) is 7.73. The first-order valence-corrected chi connectivity index (χ1v) is 5.25. The van der Waals surface area contributed by atoms with Crippen LogP contribution in [0.1, 0.15) is 18.1 Å². The Balaban J connectivity index is 2.27. The average molecular weight is 220 g/mol. The lowest BCUT2D eigenvalue weighted by Gasteiger charge is -2.05. The molecule has 0 radical (unpaired) electrons. The zero-order valence-corrected chi connectivity index (χ0v) is 9.13. The van der Waals surface area contributed by atoms with E-state index in [1.807, 2.05) is 31.2 Å². The molecule has 0 amide bonds. The second kappa shape index (κ2) is 4.47. The summed E-state index contributed by atoms with van der Waals surface area (Å²) in [6.45, 7) is 1.10. The van der Waals surface area contributed by atoms with Crippen LogP contribution in [0.3, 0.4) is 0 Å². The summed E-state index contributed by atoms with van der Waals surface area (Å²) >= 11 is 0. The number of esters is 1. The third kappa shape index (κ3) is 1.85. The van der Waals surface area contributed by atoms with Crippen molar-refractivity contribution in [1.29, 1.82) is 0 Å². The molecule has 0 atom stereocenters. The molecule has 1 aliphatic carbocycles. The number of fused-ring (bicyclic) bond motifs is 1. The van der Waals surface area contributed by atoms with Gasteiger partial charge in [0.05, 0.1) is 5.57 Å². The molecule has 16 heavy (non-hydrogen) atoms. The van der Waals surface area contributed by atoms with Gasteiger partial charge in [0, 0.05) is 0 Å². The minimum atomic E-state index is -0.639. The van der Waals surface area contributed by atoms with Crippen molar-refractivity contribution in [2.75, 3.05) is 13.3 Å². The van der Waals surface area contributed by atoms with E-state index in [1.165, 1.54) is 0 Å². The number of halogens is 1. The fourth-order valence-electron chi connectivity index (χ4n) is 2.01. The number of hydrogen-bond acceptors (Lipinski definition) is 2. The van der Waals surface area contributed by atoms with Crippen LogP contribution in [0.5, 0.6) is 0 Å². The first kappa shape index (κ1) is 10.9. The summed E-state index contributed by atoms with van der Waals surface area (Å²) in [5.41, 5.74) is 3.64. The van der Waals surface area contributed by atoms with Crippen molar-refractivity contribution in [3.63, 3.8) is 0 Å². The molecule has 0 N–H and O–H groups in total. The van der Waals surface area contributed by atoms with Gasteiger partial charge in [0.15, 0.2) is 0 Å². The Bertz CT molecular complexity index is 449. The van der Waals surface area contributed by atoms with E-state index in [1.54, 1.807) is 0 Å². The van der Waals surface area contributed by atoms with Crippen LogP contribution in [-0.4, -0.2) is 19.3 Å². The fraction of sp³-hybridized carbons (Fsp3) is 0.308. The monoisotopic (exact) mass is 220 g/mol. The molecule has 0 unspecified atom stereocenters. The summed E-state index contributed by atoms with van der Waals surface area (Å²) in [6.07, 6.45) is 0.774. The highest BCUT2D eigenvalue weighted by Gasteiger charge is 2.24. The van der Waals surface area contributed by atoms with E-state index in [0.717, 1.165) is 23.1 Å². The lowest BCUT2D eigenvalue weighted by molar-refractivity contribution is -0.136. The van der Waals surface area contributed by atoms with Crippen LogP contribution in [0.2, 0.25) is 0 Å². The van der Waals surface area contributed by atoms with Crippen molar-refractivity contribution >= 4 is 11.5 Å². The lowest BCUT2D eigenvalue weighted by Crippen LogP contribution is -2.09. The molecule has 2 rings (SSSR count). The maximum absolute atomic E-state index is 11.9. The number of ether oxygens (including phenoxy) is 1. The molecule has 2 nitrogen and oxygen atoms in total. The standard InChI is InChI=1S/C13H13FO2/c1-9-8-10-4-2-3-5-11(10)12(9)13(15)16-7-6-14/h2-5H,6-8H2,1H3. The Kier molecular flexibility index (Phi) is 3.04. The predicted molar refractivity (Wildman–Crippen MR) is 59.7 cm³/mol. The van der Waals surface area contributed by atoms with Gasteiger partial charge >= 0.3 is 5.97 Å². The predicted octanol–water partition coefficient (Wildman–Crippen LogP) is 2.53. The van der Waals surface area contributed by atoms with Gasteiger partial charge in [-0.1, -0.05) is 29.8 Å². The van der Waals surface area contributed by atoms with Crippen LogP contribution < -0.4 is 0 Å². The van der Waals surface area contributed by atoms with Gasteiger partial charge in [-0.3, -0.25) is 0 Å². The second-order valence-electron chi connectivity index (χ2n) is 3.81. The Morgan fingerprint density at radius 1 is 1.44 bits per heavy atom. The fourth-order valence-corrected chi connectivity index (χ4v) is 2.01. The summed E-state index contributed by atoms with van der Waals surface area (Å²) in [7, 11) is 0. The third-order valence-corrected chi connectivity index (χ3v) is 2.68. The molecule has 0 spiro atoms. The van der Waals surface area contributed by atoms with E-state index in [2.05, 4.69) is 0 Å². The van der Waals surface area contributed by atoms with Crippen LogP contribution >= 0.6 is 0 Å². The van der Waals surface area contributed by atoms with Crippen molar-refractivity contribution in [2.45, 2.75) is 13.3 Å². The number of carbonyl (C=O) groups excluding carboxylic acids is 1. The molecule has 0 heterocycles. The molecule has 1 aliphatic rings. The Morgan fingerprint density at radius 2 is 2.19 bits per heavy atom. The third-order valence-electron chi connectivity index (χ3n) is 2.68. The van der Waals surface area contributed by atoms with Gasteiger partial charge in [0.2, 0.25) is 0 Å². The summed E-state index contributed by atoms with van der Waals surface area (Å²) < 4.78 is 16.8. The van der Waals surface area contributed by atoms with Crippen molar-refractivity contribution in [3.8, 4) is 0 Å². The van der Waals surface area contributed by atoms with Crippen LogP contribution in [0.15, 0.2) is 29.8 Å². The van der Waals surface area contributed by atoms with E-state index in [9.17, 15) is 9.18 Å². The number of alkyl halides is 1. The molecule has 0 aliphatic heterocycles. The van der Waals surface area contributed by atoms with Gasteiger partial charge < -0.3 is 4.74 Å². The van der Waals surface area contributed by atoms with E-state index in [0.29, 0.717) is 5.57 Å². The Morgan fingerprint density at radius 3 is 2.94 bits per heavy atom. The number of carbonyl (C=O) groups is 1. The van der Waals surface area contributed by atoms with Crippen molar-refractivity contribution < 1.29 is 13.9 Å². The maximum Gasteiger partial charge on any atom is 0.338 e. The highest BCUT2D eigenvalue weighted by molar-refractivity contribution is 6.19. The van der Waals surface area contributed by atoms with E-state index in [4.69, 9.17) is 4.74 Å². The number of hydrogen-bond donors (Lipinski definition) is 0. The molecule has 3 heteroatoms. The molecular formula is C13H13FO2. The van der Waals surface area contributed by atoms with E-state index < -0.39 is 12.6 Å². The van der Waals surface area contributed by atoms with Gasteiger partial charge in [-0.25, -0.2) is 9.18 Å². The number of benzene rings is 1. The van der Waals surface area contributed by atoms with Gasteiger partial charge in [-0.05, 0) is 24.5 Å². The Labute approximate surface area is 93.7 Å². The van der Waals surface area contributed by atoms with Gasteiger partial charge in [-0.15, -0.1) is 0 Å². The zero-order valence-electron chi connectivity index (χ0n) is 9.13. The van der Waals surface area contributed by atoms with Crippen LogP contribution in [0.4, 0.5) is 4.39 Å². The first-order valence-electron chi connectivity index (χ1n) is 5.25. The Hall–Kier alpha value is -1.64.